The minimum atomic E-state index is -4.41. The highest BCUT2D eigenvalue weighted by Gasteiger charge is 2.30. The maximum atomic E-state index is 12.4. The molecular weight excluding hydrogens is 249 g/mol. The van der Waals surface area contributed by atoms with Gasteiger partial charge in [0.15, 0.2) is 0 Å². The Labute approximate surface area is 102 Å². The smallest absolute Gasteiger partial charge is 0.416 e. The second-order valence-electron chi connectivity index (χ2n) is 3.61. The fourth-order valence-electron chi connectivity index (χ4n) is 1.38. The molecule has 0 saturated carbocycles. The van der Waals surface area contributed by atoms with E-state index in [9.17, 15) is 22.8 Å². The SMILES string of the molecule is COC(=O)C(=O)CCc1cccc(C(F)(F)F)c1. The summed E-state index contributed by atoms with van der Waals surface area (Å²) in [6.07, 6.45) is -4.52. The number of benzene rings is 1. The number of Topliss-reactive ketones (excluding diaryl/α,β-unsaturated/α-hetero) is 1. The number of rotatable bonds is 4. The van der Waals surface area contributed by atoms with Gasteiger partial charge in [-0.25, -0.2) is 4.79 Å². The fraction of sp³-hybridized carbons (Fsp3) is 0.333. The van der Waals surface area contributed by atoms with E-state index in [0.29, 0.717) is 5.56 Å². The first-order valence-electron chi connectivity index (χ1n) is 5.12. The maximum Gasteiger partial charge on any atom is 0.416 e. The summed E-state index contributed by atoms with van der Waals surface area (Å²) in [6, 6.07) is 4.65. The number of halogens is 3. The number of carbonyl (C=O) groups excluding carboxylic acids is 2. The van der Waals surface area contributed by atoms with Crippen molar-refractivity contribution in [2.24, 2.45) is 0 Å². The molecule has 0 unspecified atom stereocenters. The number of hydrogen-bond donors (Lipinski definition) is 0. The summed E-state index contributed by atoms with van der Waals surface area (Å²) in [5.41, 5.74) is -0.424. The lowest BCUT2D eigenvalue weighted by Crippen LogP contribution is -2.16. The van der Waals surface area contributed by atoms with Gasteiger partial charge in [-0.2, -0.15) is 13.2 Å². The normalized spacial score (nSPS) is 11.1. The zero-order valence-electron chi connectivity index (χ0n) is 9.58. The van der Waals surface area contributed by atoms with Crippen molar-refractivity contribution in [3.8, 4) is 0 Å². The van der Waals surface area contributed by atoms with Crippen LogP contribution in [0.15, 0.2) is 24.3 Å². The summed E-state index contributed by atoms with van der Waals surface area (Å²) >= 11 is 0. The molecule has 1 aromatic carbocycles. The van der Waals surface area contributed by atoms with Gasteiger partial charge in [-0.15, -0.1) is 0 Å². The molecule has 0 heterocycles. The molecule has 0 aliphatic rings. The third-order valence-electron chi connectivity index (χ3n) is 2.31. The van der Waals surface area contributed by atoms with Crippen LogP contribution in [0.1, 0.15) is 17.5 Å². The van der Waals surface area contributed by atoms with Gasteiger partial charge in [0, 0.05) is 6.42 Å². The highest BCUT2D eigenvalue weighted by atomic mass is 19.4. The average Bonchev–Trinajstić information content (AvgIpc) is 2.34. The lowest BCUT2D eigenvalue weighted by Gasteiger charge is -2.08. The molecule has 0 bridgehead atoms. The number of hydrogen-bond acceptors (Lipinski definition) is 3. The molecule has 1 rings (SSSR count). The molecule has 0 radical (unpaired) electrons. The van der Waals surface area contributed by atoms with Crippen LogP contribution in [-0.2, 0) is 26.9 Å². The molecule has 1 aromatic rings. The molecule has 0 saturated heterocycles. The van der Waals surface area contributed by atoms with Crippen LogP contribution >= 0.6 is 0 Å². The number of alkyl halides is 3. The molecule has 0 spiro atoms. The molecule has 0 N–H and O–H groups in total. The van der Waals surface area contributed by atoms with Crippen LogP contribution in [-0.4, -0.2) is 18.9 Å². The molecule has 0 amide bonds. The Kier molecular flexibility index (Phi) is 4.47. The number of ketones is 1. The molecule has 6 heteroatoms. The van der Waals surface area contributed by atoms with Gasteiger partial charge in [0.05, 0.1) is 12.7 Å². The second kappa shape index (κ2) is 5.66. The Morgan fingerprint density at radius 1 is 1.28 bits per heavy atom. The standard InChI is InChI=1S/C12H11F3O3/c1-18-11(17)10(16)6-5-8-3-2-4-9(7-8)12(13,14)15/h2-4,7H,5-6H2,1H3. The predicted octanol–water partition coefficient (Wildman–Crippen LogP) is 2.38. The van der Waals surface area contributed by atoms with Crippen molar-refractivity contribution in [2.75, 3.05) is 7.11 Å². The monoisotopic (exact) mass is 260 g/mol. The van der Waals surface area contributed by atoms with E-state index in [2.05, 4.69) is 4.74 Å². The van der Waals surface area contributed by atoms with Crippen LogP contribution in [0, 0.1) is 0 Å². The number of aryl methyl sites for hydroxylation is 1. The summed E-state index contributed by atoms with van der Waals surface area (Å²) in [4.78, 5) is 21.9. The predicted molar refractivity (Wildman–Crippen MR) is 56.8 cm³/mol. The largest absolute Gasteiger partial charge is 0.463 e. The van der Waals surface area contributed by atoms with Crippen LogP contribution in [0.25, 0.3) is 0 Å². The third-order valence-corrected chi connectivity index (χ3v) is 2.31. The van der Waals surface area contributed by atoms with Gasteiger partial charge in [0.1, 0.15) is 0 Å². The first-order chi connectivity index (χ1) is 8.34. The number of carbonyl (C=O) groups is 2. The minimum Gasteiger partial charge on any atom is -0.463 e. The van der Waals surface area contributed by atoms with Crippen molar-refractivity contribution >= 4 is 11.8 Å². The van der Waals surface area contributed by atoms with Gasteiger partial charge < -0.3 is 4.74 Å². The Morgan fingerprint density at radius 2 is 1.94 bits per heavy atom. The highest BCUT2D eigenvalue weighted by Crippen LogP contribution is 2.29. The van der Waals surface area contributed by atoms with Crippen LogP contribution in [0.5, 0.6) is 0 Å². The van der Waals surface area contributed by atoms with Crippen LogP contribution in [0.2, 0.25) is 0 Å². The molecule has 0 fully saturated rings. The highest BCUT2D eigenvalue weighted by molar-refractivity contribution is 6.33. The van der Waals surface area contributed by atoms with E-state index < -0.39 is 23.5 Å². The van der Waals surface area contributed by atoms with Crippen LogP contribution < -0.4 is 0 Å². The van der Waals surface area contributed by atoms with E-state index in [1.54, 1.807) is 0 Å². The third kappa shape index (κ3) is 3.87. The van der Waals surface area contributed by atoms with E-state index in [1.807, 2.05) is 0 Å². The lowest BCUT2D eigenvalue weighted by molar-refractivity contribution is -0.151. The van der Waals surface area contributed by atoms with Crippen molar-refractivity contribution in [1.82, 2.24) is 0 Å². The first kappa shape index (κ1) is 14.2. The second-order valence-corrected chi connectivity index (χ2v) is 3.61. The van der Waals surface area contributed by atoms with E-state index in [4.69, 9.17) is 0 Å². The molecule has 0 aliphatic carbocycles. The van der Waals surface area contributed by atoms with Crippen molar-refractivity contribution in [1.29, 1.82) is 0 Å². The number of ether oxygens (including phenoxy) is 1. The van der Waals surface area contributed by atoms with Gasteiger partial charge in [0.2, 0.25) is 5.78 Å². The van der Waals surface area contributed by atoms with Crippen molar-refractivity contribution in [3.63, 3.8) is 0 Å². The van der Waals surface area contributed by atoms with Gasteiger partial charge in [0.25, 0.3) is 0 Å². The summed E-state index contributed by atoms with van der Waals surface area (Å²) in [5, 5.41) is 0. The molecule has 0 aliphatic heterocycles. The summed E-state index contributed by atoms with van der Waals surface area (Å²) < 4.78 is 41.4. The molecule has 18 heavy (non-hydrogen) atoms. The van der Waals surface area contributed by atoms with Gasteiger partial charge in [-0.05, 0) is 18.1 Å². The Hall–Kier alpha value is -1.85. The molecular formula is C12H11F3O3. The van der Waals surface area contributed by atoms with E-state index >= 15 is 0 Å². The van der Waals surface area contributed by atoms with Crippen LogP contribution in [0.4, 0.5) is 13.2 Å². The Bertz CT molecular complexity index is 452. The Morgan fingerprint density at radius 3 is 2.50 bits per heavy atom. The summed E-state index contributed by atoms with van der Waals surface area (Å²) in [6.45, 7) is 0. The number of methoxy groups -OCH3 is 1. The van der Waals surface area contributed by atoms with E-state index in [1.165, 1.54) is 12.1 Å². The topological polar surface area (TPSA) is 43.4 Å². The van der Waals surface area contributed by atoms with E-state index in [-0.39, 0.29) is 12.8 Å². The molecule has 0 aromatic heterocycles. The fourth-order valence-corrected chi connectivity index (χ4v) is 1.38. The van der Waals surface area contributed by atoms with Gasteiger partial charge in [-0.1, -0.05) is 18.2 Å². The zero-order chi connectivity index (χ0) is 13.8. The molecule has 98 valence electrons. The average molecular weight is 260 g/mol. The van der Waals surface area contributed by atoms with Gasteiger partial charge in [-0.3, -0.25) is 4.79 Å². The van der Waals surface area contributed by atoms with Crippen molar-refractivity contribution in [2.45, 2.75) is 19.0 Å². The summed E-state index contributed by atoms with van der Waals surface area (Å²) in [7, 11) is 1.07. The van der Waals surface area contributed by atoms with Crippen molar-refractivity contribution < 1.29 is 27.5 Å². The minimum absolute atomic E-state index is 0.0673. The van der Waals surface area contributed by atoms with Crippen molar-refractivity contribution in [3.05, 3.63) is 35.4 Å². The lowest BCUT2D eigenvalue weighted by atomic mass is 10.0. The number of esters is 1. The Balaban J connectivity index is 2.69. The summed E-state index contributed by atoms with van der Waals surface area (Å²) in [5.74, 6) is -1.74. The zero-order valence-corrected chi connectivity index (χ0v) is 9.58. The maximum absolute atomic E-state index is 12.4. The molecule has 0 atom stereocenters. The van der Waals surface area contributed by atoms with Gasteiger partial charge >= 0.3 is 12.1 Å². The quantitative estimate of drug-likeness (QED) is 0.616. The first-order valence-corrected chi connectivity index (χ1v) is 5.12. The molecule has 3 nitrogen and oxygen atoms in total. The van der Waals surface area contributed by atoms with Crippen LogP contribution in [0.3, 0.4) is 0 Å². The van der Waals surface area contributed by atoms with E-state index in [0.717, 1.165) is 19.2 Å².